The van der Waals surface area contributed by atoms with E-state index in [1.165, 1.54) is 5.56 Å². The van der Waals surface area contributed by atoms with Crippen LogP contribution in [0.3, 0.4) is 0 Å². The van der Waals surface area contributed by atoms with E-state index in [0.29, 0.717) is 55.4 Å². The summed E-state index contributed by atoms with van der Waals surface area (Å²) in [5, 5.41) is 13.7. The molecule has 2 aromatic carbocycles. The zero-order chi connectivity index (χ0) is 33.8. The molecule has 0 saturated carbocycles. The van der Waals surface area contributed by atoms with Crippen LogP contribution in [0, 0.1) is 5.92 Å². The van der Waals surface area contributed by atoms with Gasteiger partial charge in [0.05, 0.1) is 20.3 Å². The van der Waals surface area contributed by atoms with E-state index in [9.17, 15) is 14.4 Å². The van der Waals surface area contributed by atoms with Gasteiger partial charge in [-0.3, -0.25) is 19.3 Å². The molecule has 0 radical (unpaired) electrons. The second kappa shape index (κ2) is 17.5. The molecular formula is C35H49N7O5. The van der Waals surface area contributed by atoms with Crippen molar-refractivity contribution in [2.75, 3.05) is 33.9 Å². The van der Waals surface area contributed by atoms with Crippen molar-refractivity contribution in [3.63, 3.8) is 0 Å². The van der Waals surface area contributed by atoms with E-state index in [2.05, 4.69) is 38.1 Å². The Morgan fingerprint density at radius 2 is 1.68 bits per heavy atom. The van der Waals surface area contributed by atoms with Gasteiger partial charge < -0.3 is 25.4 Å². The van der Waals surface area contributed by atoms with E-state index in [-0.39, 0.29) is 30.2 Å². The Hall–Kier alpha value is -4.45. The number of hydrogen-bond acceptors (Lipinski definition) is 8. The third-order valence-corrected chi connectivity index (χ3v) is 8.51. The van der Waals surface area contributed by atoms with Gasteiger partial charge in [-0.2, -0.15) is 5.10 Å². The lowest BCUT2D eigenvalue weighted by Crippen LogP contribution is -2.51. The van der Waals surface area contributed by atoms with E-state index in [0.717, 1.165) is 31.6 Å². The molecule has 0 bridgehead atoms. The summed E-state index contributed by atoms with van der Waals surface area (Å²) in [6, 6.07) is 14.5. The SMILES string of the molecule is CC[C@H](C)[C@@H]1NC(=O)CCCN(Cc2ccccc2)CCCNC(=O)Cn2nc(Cc3ccc(OC)c(OC)c3)nc2[C@@H](C)NC1=O. The molecule has 0 fully saturated rings. The highest BCUT2D eigenvalue weighted by Gasteiger charge is 2.29. The van der Waals surface area contributed by atoms with Gasteiger partial charge in [-0.25, -0.2) is 9.67 Å². The lowest BCUT2D eigenvalue weighted by atomic mass is 9.97. The number of fused-ring (bicyclic) bond motifs is 1. The van der Waals surface area contributed by atoms with Gasteiger partial charge >= 0.3 is 0 Å². The fraction of sp³-hybridized carbons (Fsp3) is 0.514. The first-order valence-corrected chi connectivity index (χ1v) is 16.5. The molecule has 1 aliphatic heterocycles. The quantitative estimate of drug-likeness (QED) is 0.338. The first kappa shape index (κ1) is 35.4. The van der Waals surface area contributed by atoms with Crippen molar-refractivity contribution in [1.29, 1.82) is 0 Å². The summed E-state index contributed by atoms with van der Waals surface area (Å²) in [7, 11) is 3.16. The number of methoxy groups -OCH3 is 2. The van der Waals surface area contributed by atoms with Gasteiger partial charge in [-0.05, 0) is 55.5 Å². The third-order valence-electron chi connectivity index (χ3n) is 8.51. The van der Waals surface area contributed by atoms with Gasteiger partial charge in [-0.15, -0.1) is 0 Å². The summed E-state index contributed by atoms with van der Waals surface area (Å²) in [6.07, 6.45) is 2.81. The number of aromatic nitrogens is 3. The summed E-state index contributed by atoms with van der Waals surface area (Å²) in [4.78, 5) is 46.9. The van der Waals surface area contributed by atoms with Crippen LogP contribution in [0.25, 0.3) is 0 Å². The highest BCUT2D eigenvalue weighted by molar-refractivity contribution is 5.88. The van der Waals surface area contributed by atoms with Gasteiger partial charge in [0.2, 0.25) is 17.7 Å². The molecule has 12 nitrogen and oxygen atoms in total. The summed E-state index contributed by atoms with van der Waals surface area (Å²) in [5.74, 6) is 1.44. The molecule has 3 N–H and O–H groups in total. The first-order chi connectivity index (χ1) is 22.7. The normalized spacial score (nSPS) is 19.7. The van der Waals surface area contributed by atoms with Crippen LogP contribution in [-0.2, 0) is 33.9 Å². The van der Waals surface area contributed by atoms with Gasteiger partial charge in [0.25, 0.3) is 0 Å². The lowest BCUT2D eigenvalue weighted by Gasteiger charge is -2.26. The molecular weight excluding hydrogens is 598 g/mol. The molecule has 0 aliphatic carbocycles. The zero-order valence-corrected chi connectivity index (χ0v) is 28.3. The molecule has 3 aromatic rings. The summed E-state index contributed by atoms with van der Waals surface area (Å²) >= 11 is 0. The van der Waals surface area contributed by atoms with Crippen LogP contribution in [0.1, 0.15) is 75.3 Å². The Morgan fingerprint density at radius 1 is 0.936 bits per heavy atom. The monoisotopic (exact) mass is 647 g/mol. The standard InChI is InChI=1S/C35H49N7O5/c1-6-24(2)33-35(45)37-25(3)34-38-30(21-27-15-16-28(46-4)29(20-27)47-5)40-42(34)23-32(44)36-17-11-19-41(18-10-14-31(43)39-33)22-26-12-8-7-9-13-26/h7-9,12-13,15-16,20,24-25,33H,6,10-11,14,17-19,21-23H2,1-5H3,(H,36,44)(H,37,45)(H,39,43)/t24-,25+,33-/m0/s1. The summed E-state index contributed by atoms with van der Waals surface area (Å²) in [6.45, 7) is 8.44. The summed E-state index contributed by atoms with van der Waals surface area (Å²) in [5.41, 5.74) is 2.09. The topological polar surface area (TPSA) is 140 Å². The van der Waals surface area contributed by atoms with Crippen molar-refractivity contribution in [3.05, 3.63) is 71.3 Å². The van der Waals surface area contributed by atoms with Gasteiger partial charge in [0.1, 0.15) is 18.4 Å². The van der Waals surface area contributed by atoms with E-state index in [1.807, 2.05) is 57.2 Å². The molecule has 0 saturated heterocycles. The van der Waals surface area contributed by atoms with Crippen molar-refractivity contribution in [2.45, 2.75) is 78.0 Å². The Kier molecular flexibility index (Phi) is 13.2. The molecule has 3 atom stereocenters. The van der Waals surface area contributed by atoms with E-state index < -0.39 is 12.1 Å². The van der Waals surface area contributed by atoms with Gasteiger partial charge in [0, 0.05) is 32.5 Å². The van der Waals surface area contributed by atoms with Crippen LogP contribution >= 0.6 is 0 Å². The van der Waals surface area contributed by atoms with Crippen molar-refractivity contribution < 1.29 is 23.9 Å². The molecule has 12 heteroatoms. The molecule has 2 heterocycles. The first-order valence-electron chi connectivity index (χ1n) is 16.5. The highest BCUT2D eigenvalue weighted by atomic mass is 16.5. The minimum atomic E-state index is -0.708. The summed E-state index contributed by atoms with van der Waals surface area (Å²) < 4.78 is 12.4. The molecule has 3 amide bonds. The number of carbonyl (C=O) groups excluding carboxylic acids is 3. The molecule has 1 aromatic heterocycles. The van der Waals surface area contributed by atoms with Gasteiger partial charge in [-0.1, -0.05) is 56.7 Å². The Labute approximate surface area is 277 Å². The average molecular weight is 648 g/mol. The van der Waals surface area contributed by atoms with Crippen molar-refractivity contribution in [2.24, 2.45) is 5.92 Å². The zero-order valence-electron chi connectivity index (χ0n) is 28.3. The second-order valence-electron chi connectivity index (χ2n) is 12.1. The maximum absolute atomic E-state index is 13.6. The third kappa shape index (κ3) is 10.3. The minimum Gasteiger partial charge on any atom is -0.493 e. The number of hydrogen-bond donors (Lipinski definition) is 3. The molecule has 254 valence electrons. The molecule has 47 heavy (non-hydrogen) atoms. The van der Waals surface area contributed by atoms with Crippen LogP contribution in [0.4, 0.5) is 0 Å². The number of amides is 3. The van der Waals surface area contributed by atoms with Crippen LogP contribution < -0.4 is 25.4 Å². The Balaban J connectivity index is 1.58. The molecule has 4 rings (SSSR count). The number of rotatable bonds is 8. The van der Waals surface area contributed by atoms with Crippen molar-refractivity contribution in [1.82, 2.24) is 35.6 Å². The van der Waals surface area contributed by atoms with E-state index in [4.69, 9.17) is 14.5 Å². The molecule has 0 unspecified atom stereocenters. The molecule has 1 aliphatic rings. The van der Waals surface area contributed by atoms with Crippen LogP contribution in [0.2, 0.25) is 0 Å². The highest BCUT2D eigenvalue weighted by Crippen LogP contribution is 2.28. The number of nitrogens with one attached hydrogen (secondary N) is 3. The van der Waals surface area contributed by atoms with Crippen LogP contribution in [0.15, 0.2) is 48.5 Å². The number of nitrogens with zero attached hydrogens (tertiary/aromatic N) is 4. The maximum Gasteiger partial charge on any atom is 0.243 e. The Bertz CT molecular complexity index is 1480. The second-order valence-corrected chi connectivity index (χ2v) is 12.1. The maximum atomic E-state index is 13.6. The predicted molar refractivity (Wildman–Crippen MR) is 179 cm³/mol. The van der Waals surface area contributed by atoms with Gasteiger partial charge in [0.15, 0.2) is 17.3 Å². The number of benzene rings is 2. The van der Waals surface area contributed by atoms with Crippen LogP contribution in [0.5, 0.6) is 11.5 Å². The minimum absolute atomic E-state index is 0.0479. The fourth-order valence-electron chi connectivity index (χ4n) is 5.70. The average Bonchev–Trinajstić information content (AvgIpc) is 3.46. The largest absolute Gasteiger partial charge is 0.493 e. The lowest BCUT2D eigenvalue weighted by molar-refractivity contribution is -0.130. The van der Waals surface area contributed by atoms with E-state index >= 15 is 0 Å². The van der Waals surface area contributed by atoms with Crippen molar-refractivity contribution >= 4 is 17.7 Å². The van der Waals surface area contributed by atoms with E-state index in [1.54, 1.807) is 18.9 Å². The Morgan fingerprint density at radius 3 is 2.40 bits per heavy atom. The number of ether oxygens (including phenoxy) is 2. The molecule has 0 spiro atoms. The number of carbonyl (C=O) groups is 3. The smallest absolute Gasteiger partial charge is 0.243 e. The van der Waals surface area contributed by atoms with Crippen LogP contribution in [-0.4, -0.2) is 77.3 Å². The van der Waals surface area contributed by atoms with Crippen molar-refractivity contribution in [3.8, 4) is 11.5 Å². The predicted octanol–water partition coefficient (Wildman–Crippen LogP) is 3.40. The fourth-order valence-corrected chi connectivity index (χ4v) is 5.70.